The number of nitrogens with zero attached hydrogens (tertiary/aromatic N) is 3. The summed E-state index contributed by atoms with van der Waals surface area (Å²) in [5, 5.41) is 16.3. The number of rotatable bonds is 3. The van der Waals surface area contributed by atoms with Crippen molar-refractivity contribution in [3.63, 3.8) is 0 Å². The van der Waals surface area contributed by atoms with Crippen molar-refractivity contribution in [1.82, 2.24) is 14.2 Å². The Hall–Kier alpha value is -3.00. The van der Waals surface area contributed by atoms with Gasteiger partial charge in [0.05, 0.1) is 23.6 Å². The summed E-state index contributed by atoms with van der Waals surface area (Å²) in [7, 11) is 0. The van der Waals surface area contributed by atoms with Gasteiger partial charge in [0, 0.05) is 0 Å². The van der Waals surface area contributed by atoms with Gasteiger partial charge in [-0.05, 0) is 54.8 Å². The summed E-state index contributed by atoms with van der Waals surface area (Å²) in [6, 6.07) is 8.47. The molecule has 0 saturated carbocycles. The highest BCUT2D eigenvalue weighted by Gasteiger charge is 2.07. The molecule has 0 atom stereocenters. The van der Waals surface area contributed by atoms with Crippen LogP contribution in [-0.4, -0.2) is 26.1 Å². The fraction of sp³-hybridized carbons (Fsp3) is 0.125. The van der Waals surface area contributed by atoms with E-state index in [1.165, 1.54) is 6.21 Å². The van der Waals surface area contributed by atoms with Crippen LogP contribution in [0, 0.1) is 13.8 Å². The minimum atomic E-state index is -0.473. The lowest BCUT2D eigenvalue weighted by atomic mass is 10.1. The maximum absolute atomic E-state index is 11.9. The van der Waals surface area contributed by atoms with E-state index in [0.717, 1.165) is 33.9 Å². The molecule has 0 aliphatic heterocycles. The molecule has 1 aromatic heterocycles. The SMILES string of the molecule is Cc1cc(/C=N/NC(=O)Nc2cccc3nsnc23)cc(C)c1O. The Labute approximate surface area is 142 Å². The Bertz CT molecular complexity index is 912. The molecule has 0 saturated heterocycles. The average Bonchev–Trinajstić information content (AvgIpc) is 3.02. The monoisotopic (exact) mass is 341 g/mol. The van der Waals surface area contributed by atoms with Crippen molar-refractivity contribution in [2.45, 2.75) is 13.8 Å². The topological polar surface area (TPSA) is 99.5 Å². The number of carbonyl (C=O) groups is 1. The predicted octanol–water partition coefficient (Wildman–Crippen LogP) is 3.17. The molecule has 122 valence electrons. The number of hydrogen-bond donors (Lipinski definition) is 3. The highest BCUT2D eigenvalue weighted by Crippen LogP contribution is 2.22. The molecule has 3 aromatic rings. The molecule has 3 N–H and O–H groups in total. The van der Waals surface area contributed by atoms with Crippen molar-refractivity contribution < 1.29 is 9.90 Å². The number of amides is 2. The lowest BCUT2D eigenvalue weighted by molar-refractivity contribution is 0.252. The summed E-state index contributed by atoms with van der Waals surface area (Å²) in [5.74, 6) is 0.266. The Morgan fingerprint density at radius 3 is 2.75 bits per heavy atom. The van der Waals surface area contributed by atoms with Crippen LogP contribution < -0.4 is 10.7 Å². The van der Waals surface area contributed by atoms with Crippen LogP contribution in [0.5, 0.6) is 5.75 Å². The number of aryl methyl sites for hydroxylation is 2. The van der Waals surface area contributed by atoms with Crippen molar-refractivity contribution in [3.05, 3.63) is 47.0 Å². The Balaban J connectivity index is 1.66. The number of urea groups is 1. The van der Waals surface area contributed by atoms with Crippen LogP contribution in [-0.2, 0) is 0 Å². The number of phenolic OH excluding ortho intramolecular Hbond substituents is 1. The molecule has 0 aliphatic rings. The minimum absolute atomic E-state index is 0.266. The summed E-state index contributed by atoms with van der Waals surface area (Å²) < 4.78 is 8.27. The number of fused-ring (bicyclic) bond motifs is 1. The average molecular weight is 341 g/mol. The van der Waals surface area contributed by atoms with Crippen LogP contribution in [0.3, 0.4) is 0 Å². The van der Waals surface area contributed by atoms with Crippen molar-refractivity contribution >= 4 is 40.7 Å². The Kier molecular flexibility index (Phi) is 4.39. The van der Waals surface area contributed by atoms with Gasteiger partial charge in [0.1, 0.15) is 16.8 Å². The van der Waals surface area contributed by atoms with Gasteiger partial charge in [0.15, 0.2) is 0 Å². The summed E-state index contributed by atoms with van der Waals surface area (Å²) in [5.41, 5.74) is 6.65. The second-order valence-corrected chi connectivity index (χ2v) is 5.79. The molecule has 2 aromatic carbocycles. The van der Waals surface area contributed by atoms with Gasteiger partial charge in [-0.1, -0.05) is 6.07 Å². The second-order valence-electron chi connectivity index (χ2n) is 5.26. The van der Waals surface area contributed by atoms with Gasteiger partial charge in [0.2, 0.25) is 0 Å². The highest BCUT2D eigenvalue weighted by atomic mass is 32.1. The van der Waals surface area contributed by atoms with Gasteiger partial charge in [0.25, 0.3) is 0 Å². The van der Waals surface area contributed by atoms with Crippen LogP contribution in [0.15, 0.2) is 35.4 Å². The number of anilines is 1. The number of carbonyl (C=O) groups excluding carboxylic acids is 1. The standard InChI is InChI=1S/C16H15N5O2S/c1-9-6-11(7-10(2)15(9)22)8-17-19-16(23)18-12-4-3-5-13-14(12)21-24-20-13/h3-8,22H,1-2H3,(H2,18,19,23)/b17-8+. The summed E-state index contributed by atoms with van der Waals surface area (Å²) in [6.07, 6.45) is 1.52. The first kappa shape index (κ1) is 15.9. The first-order valence-corrected chi connectivity index (χ1v) is 7.89. The molecule has 1 heterocycles. The van der Waals surface area contributed by atoms with Gasteiger partial charge < -0.3 is 10.4 Å². The van der Waals surface area contributed by atoms with Crippen LogP contribution in [0.25, 0.3) is 11.0 Å². The molecule has 3 rings (SSSR count). The molecule has 2 amide bonds. The van der Waals surface area contributed by atoms with E-state index in [9.17, 15) is 9.90 Å². The quantitative estimate of drug-likeness (QED) is 0.503. The summed E-state index contributed by atoms with van der Waals surface area (Å²) >= 11 is 1.09. The molecule has 24 heavy (non-hydrogen) atoms. The third-order valence-electron chi connectivity index (χ3n) is 3.43. The first-order chi connectivity index (χ1) is 11.5. The van der Waals surface area contributed by atoms with Crippen LogP contribution >= 0.6 is 11.7 Å². The van der Waals surface area contributed by atoms with E-state index in [2.05, 4.69) is 24.6 Å². The first-order valence-electron chi connectivity index (χ1n) is 7.16. The fourth-order valence-electron chi connectivity index (χ4n) is 2.29. The molecule has 0 spiro atoms. The molecule has 0 fully saturated rings. The third kappa shape index (κ3) is 3.33. The van der Waals surface area contributed by atoms with Crippen LogP contribution in [0.4, 0.5) is 10.5 Å². The maximum atomic E-state index is 11.9. The molecule has 7 nitrogen and oxygen atoms in total. The number of nitrogens with one attached hydrogen (secondary N) is 2. The van der Waals surface area contributed by atoms with Crippen molar-refractivity contribution in [2.24, 2.45) is 5.10 Å². The van der Waals surface area contributed by atoms with Gasteiger partial charge in [-0.15, -0.1) is 0 Å². The van der Waals surface area contributed by atoms with Crippen LogP contribution in [0.2, 0.25) is 0 Å². The molecule has 8 heteroatoms. The van der Waals surface area contributed by atoms with E-state index in [4.69, 9.17) is 0 Å². The van der Waals surface area contributed by atoms with Gasteiger partial charge in [-0.2, -0.15) is 13.8 Å². The molecular weight excluding hydrogens is 326 g/mol. The van der Waals surface area contributed by atoms with Crippen molar-refractivity contribution in [3.8, 4) is 5.75 Å². The van der Waals surface area contributed by atoms with Gasteiger partial charge >= 0.3 is 6.03 Å². The zero-order valence-corrected chi connectivity index (χ0v) is 13.9. The fourth-order valence-corrected chi connectivity index (χ4v) is 2.84. The van der Waals surface area contributed by atoms with E-state index in [1.54, 1.807) is 24.3 Å². The molecular formula is C16H15N5O2S. The van der Waals surface area contributed by atoms with E-state index < -0.39 is 6.03 Å². The van der Waals surface area contributed by atoms with Crippen molar-refractivity contribution in [1.29, 1.82) is 0 Å². The molecule has 0 aliphatic carbocycles. The summed E-state index contributed by atoms with van der Waals surface area (Å²) in [4.78, 5) is 11.9. The Morgan fingerprint density at radius 1 is 1.25 bits per heavy atom. The lowest BCUT2D eigenvalue weighted by Crippen LogP contribution is -2.24. The minimum Gasteiger partial charge on any atom is -0.507 e. The highest BCUT2D eigenvalue weighted by molar-refractivity contribution is 7.00. The number of aromatic nitrogens is 2. The third-order valence-corrected chi connectivity index (χ3v) is 3.97. The number of benzene rings is 2. The van der Waals surface area contributed by atoms with E-state index in [0.29, 0.717) is 11.2 Å². The number of hydrazone groups is 1. The van der Waals surface area contributed by atoms with Crippen molar-refractivity contribution in [2.75, 3.05) is 5.32 Å². The molecule has 0 radical (unpaired) electrons. The van der Waals surface area contributed by atoms with Gasteiger partial charge in [-0.3, -0.25) is 0 Å². The largest absolute Gasteiger partial charge is 0.507 e. The zero-order chi connectivity index (χ0) is 17.1. The Morgan fingerprint density at radius 2 is 2.00 bits per heavy atom. The maximum Gasteiger partial charge on any atom is 0.339 e. The van der Waals surface area contributed by atoms with Crippen LogP contribution in [0.1, 0.15) is 16.7 Å². The normalized spacial score (nSPS) is 11.1. The number of phenols is 1. The second kappa shape index (κ2) is 6.63. The summed E-state index contributed by atoms with van der Waals surface area (Å²) in [6.45, 7) is 3.62. The van der Waals surface area contributed by atoms with E-state index in [1.807, 2.05) is 19.9 Å². The van der Waals surface area contributed by atoms with Gasteiger partial charge in [-0.25, -0.2) is 10.2 Å². The van der Waals surface area contributed by atoms with E-state index in [-0.39, 0.29) is 5.75 Å². The molecule has 0 bridgehead atoms. The predicted molar refractivity (Wildman–Crippen MR) is 94.7 cm³/mol. The number of aromatic hydroxyl groups is 1. The number of hydrogen-bond acceptors (Lipinski definition) is 6. The zero-order valence-electron chi connectivity index (χ0n) is 13.1. The smallest absolute Gasteiger partial charge is 0.339 e. The lowest BCUT2D eigenvalue weighted by Gasteiger charge is -2.05. The molecule has 0 unspecified atom stereocenters. The van der Waals surface area contributed by atoms with E-state index >= 15 is 0 Å².